The van der Waals surface area contributed by atoms with Gasteiger partial charge < -0.3 is 14.2 Å². The molecule has 0 bridgehead atoms. The molecule has 0 unspecified atom stereocenters. The van der Waals surface area contributed by atoms with Crippen LogP contribution in [-0.4, -0.2) is 23.1 Å². The van der Waals surface area contributed by atoms with E-state index in [1.165, 1.54) is 23.5 Å². The van der Waals surface area contributed by atoms with Gasteiger partial charge in [-0.3, -0.25) is 4.79 Å². The highest BCUT2D eigenvalue weighted by atomic mass is 32.1. The fourth-order valence-electron chi connectivity index (χ4n) is 3.04. The zero-order chi connectivity index (χ0) is 20.9. The standard InChI is InChI=1S/C23H19FN2O3S/c1-28-20-10-6-17(7-11-20)21-13-19(25-29-21)15-26(23(27)22-3-2-12-30-22)14-16-4-8-18(24)9-5-16/h2-13H,14-15H2,1H3. The molecule has 152 valence electrons. The Morgan fingerprint density at radius 3 is 2.53 bits per heavy atom. The third kappa shape index (κ3) is 4.58. The minimum Gasteiger partial charge on any atom is -0.497 e. The van der Waals surface area contributed by atoms with Gasteiger partial charge in [0.1, 0.15) is 17.3 Å². The van der Waals surface area contributed by atoms with Crippen LogP contribution in [0.15, 0.2) is 76.6 Å². The summed E-state index contributed by atoms with van der Waals surface area (Å²) in [4.78, 5) is 15.3. The van der Waals surface area contributed by atoms with Crippen LogP contribution in [0.1, 0.15) is 20.9 Å². The Labute approximate surface area is 177 Å². The molecule has 0 spiro atoms. The molecule has 2 aromatic heterocycles. The van der Waals surface area contributed by atoms with Crippen LogP contribution >= 0.6 is 11.3 Å². The smallest absolute Gasteiger partial charge is 0.264 e. The molecule has 4 aromatic rings. The number of benzene rings is 2. The summed E-state index contributed by atoms with van der Waals surface area (Å²) in [6, 6.07) is 19.0. The van der Waals surface area contributed by atoms with Gasteiger partial charge in [0.05, 0.1) is 18.5 Å². The second-order valence-corrected chi connectivity index (χ2v) is 7.62. The number of hydrogen-bond donors (Lipinski definition) is 0. The van der Waals surface area contributed by atoms with Gasteiger partial charge in [-0.2, -0.15) is 0 Å². The van der Waals surface area contributed by atoms with Gasteiger partial charge in [0.2, 0.25) is 0 Å². The van der Waals surface area contributed by atoms with E-state index in [4.69, 9.17) is 9.26 Å². The lowest BCUT2D eigenvalue weighted by Gasteiger charge is -2.21. The van der Waals surface area contributed by atoms with Crippen LogP contribution in [0.3, 0.4) is 0 Å². The van der Waals surface area contributed by atoms with Crippen LogP contribution in [0.2, 0.25) is 0 Å². The van der Waals surface area contributed by atoms with Crippen LogP contribution in [0, 0.1) is 5.82 Å². The Kier molecular flexibility index (Phi) is 5.90. The summed E-state index contributed by atoms with van der Waals surface area (Å²) in [5.74, 6) is 0.947. The molecule has 0 aliphatic heterocycles. The van der Waals surface area contributed by atoms with Crippen LogP contribution in [0.25, 0.3) is 11.3 Å². The summed E-state index contributed by atoms with van der Waals surface area (Å²) in [5.41, 5.74) is 2.33. The van der Waals surface area contributed by atoms with Crippen LogP contribution in [0.4, 0.5) is 4.39 Å². The van der Waals surface area contributed by atoms with Crippen molar-refractivity contribution in [3.63, 3.8) is 0 Å². The zero-order valence-electron chi connectivity index (χ0n) is 16.2. The summed E-state index contributed by atoms with van der Waals surface area (Å²) in [6.07, 6.45) is 0. The lowest BCUT2D eigenvalue weighted by atomic mass is 10.1. The maximum Gasteiger partial charge on any atom is 0.264 e. The fraction of sp³-hybridized carbons (Fsp3) is 0.130. The van der Waals surface area contributed by atoms with Gasteiger partial charge in [0.15, 0.2) is 5.76 Å². The number of aromatic nitrogens is 1. The maximum atomic E-state index is 13.3. The molecule has 0 fully saturated rings. The number of ether oxygens (including phenoxy) is 1. The van der Waals surface area contributed by atoms with Gasteiger partial charge in [-0.1, -0.05) is 23.4 Å². The molecule has 0 saturated heterocycles. The van der Waals surface area contributed by atoms with E-state index in [1.807, 2.05) is 41.8 Å². The van der Waals surface area contributed by atoms with Gasteiger partial charge >= 0.3 is 0 Å². The van der Waals surface area contributed by atoms with E-state index in [2.05, 4.69) is 5.16 Å². The third-order valence-electron chi connectivity index (χ3n) is 4.59. The molecule has 2 aromatic carbocycles. The number of halogens is 1. The molecule has 5 nitrogen and oxygen atoms in total. The van der Waals surface area contributed by atoms with Crippen molar-refractivity contribution in [2.24, 2.45) is 0 Å². The quantitative estimate of drug-likeness (QED) is 0.401. The number of rotatable bonds is 7. The molecule has 2 heterocycles. The van der Waals surface area contributed by atoms with Crippen molar-refractivity contribution in [2.75, 3.05) is 7.11 Å². The highest BCUT2D eigenvalue weighted by Crippen LogP contribution is 2.24. The second kappa shape index (κ2) is 8.92. The Morgan fingerprint density at radius 1 is 1.10 bits per heavy atom. The van der Waals surface area contributed by atoms with E-state index >= 15 is 0 Å². The first kappa shape index (κ1) is 19.8. The topological polar surface area (TPSA) is 55.6 Å². The highest BCUT2D eigenvalue weighted by Gasteiger charge is 2.20. The monoisotopic (exact) mass is 422 g/mol. The molecule has 0 radical (unpaired) electrons. The first-order chi connectivity index (χ1) is 14.6. The number of hydrogen-bond acceptors (Lipinski definition) is 5. The minimum absolute atomic E-state index is 0.108. The second-order valence-electron chi connectivity index (χ2n) is 6.68. The van der Waals surface area contributed by atoms with Crippen LogP contribution in [0.5, 0.6) is 5.75 Å². The lowest BCUT2D eigenvalue weighted by Crippen LogP contribution is -2.29. The normalized spacial score (nSPS) is 10.7. The minimum atomic E-state index is -0.310. The maximum absolute atomic E-state index is 13.3. The number of carbonyl (C=O) groups is 1. The number of carbonyl (C=O) groups excluding carboxylic acids is 1. The average Bonchev–Trinajstić information content (AvgIpc) is 3.47. The third-order valence-corrected chi connectivity index (χ3v) is 5.45. The van der Waals surface area contributed by atoms with E-state index < -0.39 is 0 Å². The van der Waals surface area contributed by atoms with Crippen molar-refractivity contribution >= 4 is 17.2 Å². The van der Waals surface area contributed by atoms with Gasteiger partial charge in [-0.25, -0.2) is 4.39 Å². The van der Waals surface area contributed by atoms with Crippen molar-refractivity contribution in [2.45, 2.75) is 13.1 Å². The number of amides is 1. The molecule has 0 aliphatic carbocycles. The SMILES string of the molecule is COc1ccc(-c2cc(CN(Cc3ccc(F)cc3)C(=O)c3cccs3)no2)cc1. The Balaban J connectivity index is 1.55. The molecule has 7 heteroatoms. The van der Waals surface area contributed by atoms with Crippen LogP contribution < -0.4 is 4.74 Å². The van der Waals surface area contributed by atoms with Crippen molar-refractivity contribution in [1.82, 2.24) is 10.1 Å². The highest BCUT2D eigenvalue weighted by molar-refractivity contribution is 7.12. The first-order valence-electron chi connectivity index (χ1n) is 9.29. The molecular formula is C23H19FN2O3S. The lowest BCUT2D eigenvalue weighted by molar-refractivity contribution is 0.0731. The largest absolute Gasteiger partial charge is 0.497 e. The van der Waals surface area contributed by atoms with Crippen molar-refractivity contribution < 1.29 is 18.4 Å². The molecular weight excluding hydrogens is 403 g/mol. The van der Waals surface area contributed by atoms with Gasteiger partial charge in [-0.05, 0) is 53.4 Å². The number of methoxy groups -OCH3 is 1. The molecule has 4 rings (SSSR count). The molecule has 0 atom stereocenters. The Hall–Kier alpha value is -3.45. The summed E-state index contributed by atoms with van der Waals surface area (Å²) < 4.78 is 23.9. The summed E-state index contributed by atoms with van der Waals surface area (Å²) >= 11 is 1.38. The number of nitrogens with zero attached hydrogens (tertiary/aromatic N) is 2. The Morgan fingerprint density at radius 2 is 1.87 bits per heavy atom. The first-order valence-corrected chi connectivity index (χ1v) is 10.2. The van der Waals surface area contributed by atoms with Gasteiger partial charge in [0.25, 0.3) is 5.91 Å². The molecule has 1 amide bonds. The predicted molar refractivity (Wildman–Crippen MR) is 113 cm³/mol. The van der Waals surface area contributed by atoms with Gasteiger partial charge in [-0.15, -0.1) is 11.3 Å². The molecule has 0 aliphatic rings. The zero-order valence-corrected chi connectivity index (χ0v) is 17.1. The predicted octanol–water partition coefficient (Wildman–Crippen LogP) is 5.39. The molecule has 30 heavy (non-hydrogen) atoms. The van der Waals surface area contributed by atoms with E-state index in [0.29, 0.717) is 22.9 Å². The summed E-state index contributed by atoms with van der Waals surface area (Å²) in [6.45, 7) is 0.607. The van der Waals surface area contributed by atoms with Crippen LogP contribution in [-0.2, 0) is 13.1 Å². The average molecular weight is 422 g/mol. The fourth-order valence-corrected chi connectivity index (χ4v) is 3.73. The summed E-state index contributed by atoms with van der Waals surface area (Å²) in [5, 5.41) is 6.00. The van der Waals surface area contributed by atoms with E-state index in [-0.39, 0.29) is 18.3 Å². The van der Waals surface area contributed by atoms with Crippen molar-refractivity contribution in [3.05, 3.63) is 94.1 Å². The molecule has 0 N–H and O–H groups in total. The van der Waals surface area contributed by atoms with Gasteiger partial charge in [0, 0.05) is 18.2 Å². The van der Waals surface area contributed by atoms with E-state index in [1.54, 1.807) is 30.2 Å². The van der Waals surface area contributed by atoms with Crippen molar-refractivity contribution in [1.29, 1.82) is 0 Å². The Bertz CT molecular complexity index is 1110. The number of thiophene rings is 1. The van der Waals surface area contributed by atoms with E-state index in [9.17, 15) is 9.18 Å². The van der Waals surface area contributed by atoms with E-state index in [0.717, 1.165) is 16.9 Å². The van der Waals surface area contributed by atoms with Crippen molar-refractivity contribution in [3.8, 4) is 17.1 Å². The summed E-state index contributed by atoms with van der Waals surface area (Å²) in [7, 11) is 1.61. The molecule has 0 saturated carbocycles.